The van der Waals surface area contributed by atoms with E-state index in [9.17, 15) is 4.79 Å². The van der Waals surface area contributed by atoms with Crippen molar-refractivity contribution in [2.45, 2.75) is 71.5 Å². The lowest BCUT2D eigenvalue weighted by Crippen LogP contribution is -2.12. The molecule has 3 aromatic carbocycles. The van der Waals surface area contributed by atoms with Crippen molar-refractivity contribution < 1.29 is 14.3 Å². The first-order valence-corrected chi connectivity index (χ1v) is 12.3. The number of unbranched alkanes of at least 4 members (excludes halogenated alkanes) is 3. The second-order valence-corrected chi connectivity index (χ2v) is 9.10. The van der Waals surface area contributed by atoms with Crippen LogP contribution in [0.25, 0.3) is 0 Å². The molecule has 0 fully saturated rings. The zero-order valence-corrected chi connectivity index (χ0v) is 20.6. The quantitative estimate of drug-likeness (QED) is 0.268. The summed E-state index contributed by atoms with van der Waals surface area (Å²) in [6.45, 7) is 7.13. The predicted octanol–water partition coefficient (Wildman–Crippen LogP) is 7.58. The van der Waals surface area contributed by atoms with Crippen LogP contribution in [0.15, 0.2) is 72.8 Å². The van der Waals surface area contributed by atoms with Crippen LogP contribution in [0, 0.1) is 0 Å². The predicted molar refractivity (Wildman–Crippen MR) is 138 cm³/mol. The van der Waals surface area contributed by atoms with Gasteiger partial charge >= 0.3 is 0 Å². The minimum atomic E-state index is -0.418. The van der Waals surface area contributed by atoms with E-state index in [1.807, 2.05) is 36.4 Å². The number of benzene rings is 3. The van der Waals surface area contributed by atoms with Crippen LogP contribution in [-0.2, 0) is 6.61 Å². The van der Waals surface area contributed by atoms with Gasteiger partial charge in [-0.15, -0.1) is 0 Å². The fourth-order valence-corrected chi connectivity index (χ4v) is 3.86. The average molecular weight is 460 g/mol. The minimum Gasteiger partial charge on any atom is -0.489 e. The number of carbonyl (C=O) groups is 1. The van der Waals surface area contributed by atoms with Gasteiger partial charge in [-0.2, -0.15) is 0 Å². The lowest BCUT2D eigenvalue weighted by Gasteiger charge is -2.20. The smallest absolute Gasteiger partial charge is 0.248 e. The second kappa shape index (κ2) is 12.8. The van der Waals surface area contributed by atoms with E-state index in [-0.39, 0.29) is 6.10 Å². The maximum atomic E-state index is 11.4. The molecule has 0 saturated carbocycles. The number of nitrogens with two attached hydrogens (primary N) is 1. The fraction of sp³-hybridized carbons (Fsp3) is 0.367. The first-order chi connectivity index (χ1) is 16.5. The molecule has 4 nitrogen and oxygen atoms in total. The summed E-state index contributed by atoms with van der Waals surface area (Å²) in [7, 11) is 0. The molecule has 3 aromatic rings. The van der Waals surface area contributed by atoms with Gasteiger partial charge < -0.3 is 15.2 Å². The van der Waals surface area contributed by atoms with Crippen molar-refractivity contribution in [1.29, 1.82) is 0 Å². The number of amides is 1. The first kappa shape index (κ1) is 25.4. The molecule has 1 atom stereocenters. The van der Waals surface area contributed by atoms with Gasteiger partial charge in [0.15, 0.2) is 0 Å². The Labute approximate surface area is 204 Å². The van der Waals surface area contributed by atoms with E-state index in [1.165, 1.54) is 24.8 Å². The van der Waals surface area contributed by atoms with Gasteiger partial charge in [0.05, 0.1) is 0 Å². The molecule has 0 bridgehead atoms. The Bertz CT molecular complexity index is 1010. The van der Waals surface area contributed by atoms with E-state index >= 15 is 0 Å². The third kappa shape index (κ3) is 7.65. The fourth-order valence-electron chi connectivity index (χ4n) is 3.86. The zero-order valence-electron chi connectivity index (χ0n) is 20.6. The van der Waals surface area contributed by atoms with E-state index in [0.29, 0.717) is 18.1 Å². The SMILES string of the molecule is CCCCCCC(Oc1ccc(OCc2ccc(C(C)C)cc2)cc1)c1ccc(C(N)=O)cc1. The summed E-state index contributed by atoms with van der Waals surface area (Å²) >= 11 is 0. The van der Waals surface area contributed by atoms with E-state index in [0.717, 1.165) is 35.5 Å². The van der Waals surface area contributed by atoms with Crippen LogP contribution in [0.5, 0.6) is 11.5 Å². The van der Waals surface area contributed by atoms with Crippen molar-refractivity contribution in [3.8, 4) is 11.5 Å². The number of hydrogen-bond acceptors (Lipinski definition) is 3. The second-order valence-electron chi connectivity index (χ2n) is 9.10. The lowest BCUT2D eigenvalue weighted by atomic mass is 10.0. The molecule has 34 heavy (non-hydrogen) atoms. The molecule has 0 aromatic heterocycles. The van der Waals surface area contributed by atoms with Crippen LogP contribution >= 0.6 is 0 Å². The Morgan fingerprint density at radius 2 is 1.41 bits per heavy atom. The van der Waals surface area contributed by atoms with E-state index in [4.69, 9.17) is 15.2 Å². The summed E-state index contributed by atoms with van der Waals surface area (Å²) in [5.74, 6) is 1.72. The molecular formula is C30H37NO3. The van der Waals surface area contributed by atoms with Gasteiger partial charge in [-0.1, -0.05) is 76.4 Å². The zero-order chi connectivity index (χ0) is 24.3. The largest absolute Gasteiger partial charge is 0.489 e. The maximum absolute atomic E-state index is 11.4. The van der Waals surface area contributed by atoms with Gasteiger partial charge in [0.2, 0.25) is 5.91 Å². The molecule has 0 aliphatic heterocycles. The highest BCUT2D eigenvalue weighted by molar-refractivity contribution is 5.92. The third-order valence-corrected chi connectivity index (χ3v) is 6.04. The Hall–Kier alpha value is -3.27. The molecular weight excluding hydrogens is 422 g/mol. The van der Waals surface area contributed by atoms with Crippen molar-refractivity contribution in [2.24, 2.45) is 5.73 Å². The van der Waals surface area contributed by atoms with Crippen molar-refractivity contribution >= 4 is 5.91 Å². The first-order valence-electron chi connectivity index (χ1n) is 12.3. The van der Waals surface area contributed by atoms with E-state index in [2.05, 4.69) is 45.0 Å². The highest BCUT2D eigenvalue weighted by Gasteiger charge is 2.14. The molecule has 0 radical (unpaired) electrons. The normalized spacial score (nSPS) is 11.9. The molecule has 0 aliphatic carbocycles. The van der Waals surface area contributed by atoms with Crippen molar-refractivity contribution in [3.05, 3.63) is 95.1 Å². The minimum absolute atomic E-state index is 0.0787. The lowest BCUT2D eigenvalue weighted by molar-refractivity contribution is 0.1000. The Balaban J connectivity index is 1.61. The van der Waals surface area contributed by atoms with Crippen LogP contribution in [0.3, 0.4) is 0 Å². The molecule has 0 aliphatic rings. The topological polar surface area (TPSA) is 61.6 Å². The van der Waals surface area contributed by atoms with Crippen molar-refractivity contribution in [3.63, 3.8) is 0 Å². The highest BCUT2D eigenvalue weighted by atomic mass is 16.5. The van der Waals surface area contributed by atoms with E-state index in [1.54, 1.807) is 12.1 Å². The van der Waals surface area contributed by atoms with Crippen molar-refractivity contribution in [2.75, 3.05) is 0 Å². The molecule has 180 valence electrons. The van der Waals surface area contributed by atoms with E-state index < -0.39 is 5.91 Å². The van der Waals surface area contributed by atoms with Gasteiger partial charge in [0.25, 0.3) is 0 Å². The monoisotopic (exact) mass is 459 g/mol. The third-order valence-electron chi connectivity index (χ3n) is 6.04. The maximum Gasteiger partial charge on any atom is 0.248 e. The summed E-state index contributed by atoms with van der Waals surface area (Å²) in [5, 5.41) is 0. The number of hydrogen-bond donors (Lipinski definition) is 1. The summed E-state index contributed by atoms with van der Waals surface area (Å²) in [6, 6.07) is 23.8. The summed E-state index contributed by atoms with van der Waals surface area (Å²) in [4.78, 5) is 11.4. The van der Waals surface area contributed by atoms with Gasteiger partial charge in [-0.25, -0.2) is 0 Å². The average Bonchev–Trinajstić information content (AvgIpc) is 2.85. The molecule has 0 heterocycles. The van der Waals surface area contributed by atoms with Crippen LogP contribution in [-0.4, -0.2) is 5.91 Å². The molecule has 1 amide bonds. The van der Waals surface area contributed by atoms with Gasteiger partial charge in [-0.3, -0.25) is 4.79 Å². The van der Waals surface area contributed by atoms with Gasteiger partial charge in [0.1, 0.15) is 24.2 Å². The number of rotatable bonds is 13. The standard InChI is InChI=1S/C30H37NO3/c1-4-5-6-7-8-29(25-13-15-26(16-14-25)30(31)32)34-28-19-17-27(18-20-28)33-21-23-9-11-24(12-10-23)22(2)3/h9-20,22,29H,4-8,21H2,1-3H3,(H2,31,32). The Kier molecular flexibility index (Phi) is 9.57. The molecule has 3 rings (SSSR count). The Morgan fingerprint density at radius 1 is 0.794 bits per heavy atom. The van der Waals surface area contributed by atoms with Gasteiger partial charge in [-0.05, 0) is 71.8 Å². The molecule has 0 spiro atoms. The molecule has 4 heteroatoms. The molecule has 0 saturated heterocycles. The number of carbonyl (C=O) groups excluding carboxylic acids is 1. The van der Waals surface area contributed by atoms with Crippen LogP contribution in [0.1, 0.15) is 91.9 Å². The van der Waals surface area contributed by atoms with Crippen LogP contribution < -0.4 is 15.2 Å². The molecule has 1 unspecified atom stereocenters. The van der Waals surface area contributed by atoms with Crippen LogP contribution in [0.2, 0.25) is 0 Å². The Morgan fingerprint density at radius 3 is 2.00 bits per heavy atom. The summed E-state index contributed by atoms with van der Waals surface area (Å²) in [6.07, 6.45) is 5.53. The summed E-state index contributed by atoms with van der Waals surface area (Å²) in [5.41, 5.74) is 9.43. The molecule has 2 N–H and O–H groups in total. The number of ether oxygens (including phenoxy) is 2. The highest BCUT2D eigenvalue weighted by Crippen LogP contribution is 2.29. The van der Waals surface area contributed by atoms with Gasteiger partial charge in [0, 0.05) is 5.56 Å². The van der Waals surface area contributed by atoms with Crippen molar-refractivity contribution in [1.82, 2.24) is 0 Å². The summed E-state index contributed by atoms with van der Waals surface area (Å²) < 4.78 is 12.3. The van der Waals surface area contributed by atoms with Crippen LogP contribution in [0.4, 0.5) is 0 Å². The number of primary amides is 1.